The second kappa shape index (κ2) is 5.11. The van der Waals surface area contributed by atoms with Crippen molar-refractivity contribution in [1.82, 2.24) is 9.80 Å². The lowest BCUT2D eigenvalue weighted by molar-refractivity contribution is -0.139. The van der Waals surface area contributed by atoms with Gasteiger partial charge in [-0.15, -0.1) is 0 Å². The number of amides is 1. The first-order valence-corrected chi connectivity index (χ1v) is 5.20. The van der Waals surface area contributed by atoms with Crippen LogP contribution < -0.4 is 0 Å². The Morgan fingerprint density at radius 2 is 2.20 bits per heavy atom. The van der Waals surface area contributed by atoms with Crippen molar-refractivity contribution >= 4 is 11.9 Å². The number of rotatable bonds is 3. The van der Waals surface area contributed by atoms with Gasteiger partial charge in [0.05, 0.1) is 13.0 Å². The topological polar surface area (TPSA) is 60.9 Å². The molecular formula is C10H18N2O3. The number of nitrogens with zero attached hydrogens (tertiary/aromatic N) is 2. The second-order valence-electron chi connectivity index (χ2n) is 4.09. The predicted octanol–water partition coefficient (Wildman–Crippen LogP) is 0.0137. The highest BCUT2D eigenvalue weighted by Gasteiger charge is 2.23. The molecule has 0 bridgehead atoms. The Morgan fingerprint density at radius 1 is 1.53 bits per heavy atom. The van der Waals surface area contributed by atoms with Gasteiger partial charge in [0.2, 0.25) is 5.91 Å². The molecule has 0 aromatic heterocycles. The molecule has 15 heavy (non-hydrogen) atoms. The molecule has 0 aliphatic carbocycles. The van der Waals surface area contributed by atoms with Crippen LogP contribution in [0.4, 0.5) is 0 Å². The van der Waals surface area contributed by atoms with Crippen molar-refractivity contribution < 1.29 is 14.7 Å². The van der Waals surface area contributed by atoms with Gasteiger partial charge in [0.1, 0.15) is 0 Å². The van der Waals surface area contributed by atoms with Gasteiger partial charge >= 0.3 is 5.97 Å². The molecular weight excluding hydrogens is 196 g/mol. The van der Waals surface area contributed by atoms with Crippen LogP contribution >= 0.6 is 0 Å². The lowest BCUT2D eigenvalue weighted by atomic mass is 10.2. The molecule has 0 radical (unpaired) electrons. The molecule has 5 nitrogen and oxygen atoms in total. The van der Waals surface area contributed by atoms with Crippen molar-refractivity contribution in [2.45, 2.75) is 25.8 Å². The maximum absolute atomic E-state index is 11.6. The highest BCUT2D eigenvalue weighted by molar-refractivity contribution is 5.78. The maximum Gasteiger partial charge on any atom is 0.304 e. The van der Waals surface area contributed by atoms with Crippen molar-refractivity contribution in [3.05, 3.63) is 0 Å². The lowest BCUT2D eigenvalue weighted by Gasteiger charge is -2.25. The summed E-state index contributed by atoms with van der Waals surface area (Å²) in [5.41, 5.74) is 0. The van der Waals surface area contributed by atoms with Crippen LogP contribution in [0.5, 0.6) is 0 Å². The molecule has 1 unspecified atom stereocenters. The van der Waals surface area contributed by atoms with Gasteiger partial charge in [0, 0.05) is 26.2 Å². The average molecular weight is 214 g/mol. The van der Waals surface area contributed by atoms with Gasteiger partial charge in [-0.25, -0.2) is 0 Å². The van der Waals surface area contributed by atoms with E-state index in [4.69, 9.17) is 5.11 Å². The van der Waals surface area contributed by atoms with Gasteiger partial charge in [-0.05, 0) is 13.3 Å². The third kappa shape index (κ3) is 3.51. The largest absolute Gasteiger partial charge is 0.481 e. The first-order valence-electron chi connectivity index (χ1n) is 5.20. The van der Waals surface area contributed by atoms with E-state index in [-0.39, 0.29) is 18.4 Å². The Morgan fingerprint density at radius 3 is 2.80 bits per heavy atom. The minimum atomic E-state index is -0.812. The summed E-state index contributed by atoms with van der Waals surface area (Å²) in [7, 11) is 1.79. The van der Waals surface area contributed by atoms with Crippen molar-refractivity contribution in [3.63, 3.8) is 0 Å². The van der Waals surface area contributed by atoms with Crippen molar-refractivity contribution in [3.8, 4) is 0 Å². The summed E-state index contributed by atoms with van der Waals surface area (Å²) in [5.74, 6) is -0.739. The minimum Gasteiger partial charge on any atom is -0.481 e. The predicted molar refractivity (Wildman–Crippen MR) is 55.5 cm³/mol. The van der Waals surface area contributed by atoms with E-state index < -0.39 is 5.97 Å². The SMILES string of the molecule is CC(CC(=O)O)N1CCCN(C)C(=O)C1. The zero-order chi connectivity index (χ0) is 11.4. The summed E-state index contributed by atoms with van der Waals surface area (Å²) in [4.78, 5) is 25.8. The van der Waals surface area contributed by atoms with Gasteiger partial charge in [-0.1, -0.05) is 0 Å². The molecule has 1 amide bonds. The molecule has 0 aromatic carbocycles. The fourth-order valence-electron chi connectivity index (χ4n) is 1.77. The fraction of sp³-hybridized carbons (Fsp3) is 0.800. The van der Waals surface area contributed by atoms with Gasteiger partial charge in [0.25, 0.3) is 0 Å². The second-order valence-corrected chi connectivity index (χ2v) is 4.09. The number of carbonyl (C=O) groups is 2. The van der Waals surface area contributed by atoms with Crippen molar-refractivity contribution in [2.24, 2.45) is 0 Å². The first-order chi connectivity index (χ1) is 7.00. The van der Waals surface area contributed by atoms with E-state index in [1.807, 2.05) is 11.8 Å². The van der Waals surface area contributed by atoms with Crippen LogP contribution in [0.3, 0.4) is 0 Å². The number of aliphatic carboxylic acids is 1. The third-order valence-corrected chi connectivity index (χ3v) is 2.80. The van der Waals surface area contributed by atoms with E-state index in [0.717, 1.165) is 19.5 Å². The van der Waals surface area contributed by atoms with Crippen LogP contribution in [0.2, 0.25) is 0 Å². The third-order valence-electron chi connectivity index (χ3n) is 2.80. The standard InChI is InChI=1S/C10H18N2O3/c1-8(6-10(14)15)12-5-3-4-11(2)9(13)7-12/h8H,3-7H2,1-2H3,(H,14,15). The molecule has 1 rings (SSSR count). The first kappa shape index (κ1) is 12.0. The Labute approximate surface area is 89.7 Å². The van der Waals surface area contributed by atoms with Crippen molar-refractivity contribution in [1.29, 1.82) is 0 Å². The molecule has 1 fully saturated rings. The molecule has 0 aromatic rings. The minimum absolute atomic E-state index is 0.0713. The van der Waals surface area contributed by atoms with E-state index in [0.29, 0.717) is 6.54 Å². The molecule has 86 valence electrons. The van der Waals surface area contributed by atoms with E-state index in [1.54, 1.807) is 11.9 Å². The molecule has 1 heterocycles. The molecule has 0 spiro atoms. The zero-order valence-electron chi connectivity index (χ0n) is 9.27. The van der Waals surface area contributed by atoms with Crippen LogP contribution in [0.15, 0.2) is 0 Å². The van der Waals surface area contributed by atoms with Gasteiger partial charge in [0.15, 0.2) is 0 Å². The van der Waals surface area contributed by atoms with Crippen LogP contribution in [-0.2, 0) is 9.59 Å². The summed E-state index contributed by atoms with van der Waals surface area (Å²) in [6.45, 7) is 3.75. The smallest absolute Gasteiger partial charge is 0.304 e. The maximum atomic E-state index is 11.6. The number of carboxylic acids is 1. The Bertz CT molecular complexity index is 255. The van der Waals surface area contributed by atoms with Crippen LogP contribution in [0.1, 0.15) is 19.8 Å². The Kier molecular flexibility index (Phi) is 4.08. The quantitative estimate of drug-likeness (QED) is 0.719. The number of carboxylic acid groups (broad SMARTS) is 1. The lowest BCUT2D eigenvalue weighted by Crippen LogP contribution is -2.40. The fourth-order valence-corrected chi connectivity index (χ4v) is 1.77. The number of hydrogen-bond acceptors (Lipinski definition) is 3. The number of carbonyl (C=O) groups excluding carboxylic acids is 1. The highest BCUT2D eigenvalue weighted by Crippen LogP contribution is 2.09. The van der Waals surface area contributed by atoms with Gasteiger partial charge in [-0.2, -0.15) is 0 Å². The summed E-state index contributed by atoms with van der Waals surface area (Å²) >= 11 is 0. The van der Waals surface area contributed by atoms with Gasteiger partial charge in [-0.3, -0.25) is 14.5 Å². The summed E-state index contributed by atoms with van der Waals surface area (Å²) in [6, 6.07) is -0.0713. The molecule has 1 N–H and O–H groups in total. The van der Waals surface area contributed by atoms with Crippen LogP contribution in [0, 0.1) is 0 Å². The van der Waals surface area contributed by atoms with Crippen LogP contribution in [-0.4, -0.2) is 59.5 Å². The van der Waals surface area contributed by atoms with Crippen molar-refractivity contribution in [2.75, 3.05) is 26.7 Å². The summed E-state index contributed by atoms with van der Waals surface area (Å²) in [5, 5.41) is 8.68. The van der Waals surface area contributed by atoms with E-state index in [2.05, 4.69) is 0 Å². The molecule has 1 aliphatic heterocycles. The van der Waals surface area contributed by atoms with E-state index in [1.165, 1.54) is 0 Å². The highest BCUT2D eigenvalue weighted by atomic mass is 16.4. The molecule has 1 saturated heterocycles. The zero-order valence-corrected chi connectivity index (χ0v) is 9.27. The monoisotopic (exact) mass is 214 g/mol. The summed E-state index contributed by atoms with van der Waals surface area (Å²) < 4.78 is 0. The number of hydrogen-bond donors (Lipinski definition) is 1. The number of likely N-dealkylation sites (N-methyl/N-ethyl adjacent to an activating group) is 1. The molecule has 1 aliphatic rings. The van der Waals surface area contributed by atoms with Gasteiger partial charge < -0.3 is 10.0 Å². The van der Waals surface area contributed by atoms with Crippen LogP contribution in [0.25, 0.3) is 0 Å². The van der Waals surface area contributed by atoms with E-state index in [9.17, 15) is 9.59 Å². The normalized spacial score (nSPS) is 21.2. The Hall–Kier alpha value is -1.10. The average Bonchev–Trinajstić information content (AvgIpc) is 2.28. The molecule has 5 heteroatoms. The molecule has 1 atom stereocenters. The summed E-state index contributed by atoms with van der Waals surface area (Å²) in [6.07, 6.45) is 1.00. The van der Waals surface area contributed by atoms with E-state index >= 15 is 0 Å². The Balaban J connectivity index is 2.54. The molecule has 0 saturated carbocycles.